The van der Waals surface area contributed by atoms with Crippen LogP contribution in [0.2, 0.25) is 0 Å². The van der Waals surface area contributed by atoms with Crippen molar-refractivity contribution in [3.63, 3.8) is 0 Å². The molecule has 11 heavy (non-hydrogen) atoms. The summed E-state index contributed by atoms with van der Waals surface area (Å²) < 4.78 is 0. The van der Waals surface area contributed by atoms with Crippen molar-refractivity contribution in [2.45, 2.75) is 56.9 Å². The molecule has 0 heterocycles. The number of alkyl halides is 1. The summed E-state index contributed by atoms with van der Waals surface area (Å²) in [5.41, 5.74) is 0. The van der Waals surface area contributed by atoms with E-state index in [4.69, 9.17) is 0 Å². The van der Waals surface area contributed by atoms with Crippen LogP contribution in [0.25, 0.3) is 0 Å². The van der Waals surface area contributed by atoms with Crippen LogP contribution in [-0.2, 0) is 5.11 Å². The van der Waals surface area contributed by atoms with E-state index >= 15 is 0 Å². The first-order chi connectivity index (χ1) is 5.27. The number of rotatable bonds is 7. The zero-order valence-electron chi connectivity index (χ0n) is 7.31. The summed E-state index contributed by atoms with van der Waals surface area (Å²) in [6, 6.07) is 0. The fourth-order valence-corrected chi connectivity index (χ4v) is 1.41. The SMILES string of the molecule is CCCCCCCCC([O])Br. The molecule has 0 amide bonds. The van der Waals surface area contributed by atoms with Gasteiger partial charge in [0.25, 0.3) is 0 Å². The van der Waals surface area contributed by atoms with Gasteiger partial charge in [-0.2, -0.15) is 0 Å². The van der Waals surface area contributed by atoms with E-state index in [9.17, 15) is 5.11 Å². The maximum atomic E-state index is 10.5. The Kier molecular flexibility index (Phi) is 8.88. The highest BCUT2D eigenvalue weighted by molar-refractivity contribution is 9.09. The molecule has 0 aliphatic carbocycles. The first kappa shape index (κ1) is 11.4. The summed E-state index contributed by atoms with van der Waals surface area (Å²) in [5.74, 6) is 0. The van der Waals surface area contributed by atoms with Gasteiger partial charge in [0.15, 0.2) is 0 Å². The van der Waals surface area contributed by atoms with Gasteiger partial charge in [-0.1, -0.05) is 55.0 Å². The lowest BCUT2D eigenvalue weighted by Crippen LogP contribution is -1.91. The zero-order valence-corrected chi connectivity index (χ0v) is 8.90. The smallest absolute Gasteiger partial charge is 0.147 e. The number of unbranched alkanes of at least 4 members (excludes halogenated alkanes) is 5. The molecule has 0 aliphatic heterocycles. The van der Waals surface area contributed by atoms with E-state index in [2.05, 4.69) is 22.9 Å². The molecule has 0 aliphatic rings. The van der Waals surface area contributed by atoms with Gasteiger partial charge in [-0.15, -0.1) is 0 Å². The molecule has 0 aromatic rings. The quantitative estimate of drug-likeness (QED) is 0.460. The Morgan fingerprint density at radius 3 is 2.18 bits per heavy atom. The van der Waals surface area contributed by atoms with E-state index < -0.39 is 5.01 Å². The van der Waals surface area contributed by atoms with E-state index in [1.165, 1.54) is 32.1 Å². The van der Waals surface area contributed by atoms with Crippen LogP contribution < -0.4 is 0 Å². The van der Waals surface area contributed by atoms with E-state index in [-0.39, 0.29) is 0 Å². The molecule has 1 unspecified atom stereocenters. The van der Waals surface area contributed by atoms with Crippen LogP contribution in [-0.4, -0.2) is 5.01 Å². The van der Waals surface area contributed by atoms with Gasteiger partial charge >= 0.3 is 0 Å². The first-order valence-electron chi connectivity index (χ1n) is 4.57. The topological polar surface area (TPSA) is 19.9 Å². The second kappa shape index (κ2) is 8.54. The van der Waals surface area contributed by atoms with Gasteiger partial charge < -0.3 is 0 Å². The second-order valence-electron chi connectivity index (χ2n) is 2.97. The monoisotopic (exact) mass is 221 g/mol. The Morgan fingerprint density at radius 2 is 1.64 bits per heavy atom. The molecule has 0 spiro atoms. The van der Waals surface area contributed by atoms with Crippen molar-refractivity contribution in [2.75, 3.05) is 0 Å². The highest BCUT2D eigenvalue weighted by Crippen LogP contribution is 2.11. The van der Waals surface area contributed by atoms with E-state index in [0.717, 1.165) is 12.8 Å². The molecule has 0 saturated heterocycles. The van der Waals surface area contributed by atoms with Crippen molar-refractivity contribution in [3.05, 3.63) is 0 Å². The molecule has 0 bridgehead atoms. The lowest BCUT2D eigenvalue weighted by atomic mass is 10.1. The van der Waals surface area contributed by atoms with Crippen LogP contribution in [0, 0.1) is 0 Å². The molecule has 1 radical (unpaired) electrons. The van der Waals surface area contributed by atoms with Crippen LogP contribution in [0.15, 0.2) is 0 Å². The minimum atomic E-state index is -0.534. The Bertz CT molecular complexity index is 74.0. The summed E-state index contributed by atoms with van der Waals surface area (Å²) in [7, 11) is 0. The first-order valence-corrected chi connectivity index (χ1v) is 5.48. The number of hydrogen-bond donors (Lipinski definition) is 0. The molecule has 0 aromatic carbocycles. The number of halogens is 1. The lowest BCUT2D eigenvalue weighted by molar-refractivity contribution is 0.160. The summed E-state index contributed by atoms with van der Waals surface area (Å²) in [6.07, 6.45) is 8.37. The summed E-state index contributed by atoms with van der Waals surface area (Å²) in [6.45, 7) is 2.21. The Hall–Kier alpha value is 0.440. The van der Waals surface area contributed by atoms with Crippen molar-refractivity contribution < 1.29 is 5.11 Å². The maximum absolute atomic E-state index is 10.5. The fourth-order valence-electron chi connectivity index (χ4n) is 1.09. The molecule has 67 valence electrons. The number of hydrogen-bond acceptors (Lipinski definition) is 0. The van der Waals surface area contributed by atoms with Gasteiger partial charge in [-0.25, -0.2) is 5.11 Å². The summed E-state index contributed by atoms with van der Waals surface area (Å²) >= 11 is 3.00. The second-order valence-corrected chi connectivity index (χ2v) is 3.99. The van der Waals surface area contributed by atoms with Gasteiger partial charge in [0, 0.05) is 0 Å². The Morgan fingerprint density at radius 1 is 1.09 bits per heavy atom. The highest BCUT2D eigenvalue weighted by atomic mass is 79.9. The predicted octanol–water partition coefficient (Wildman–Crippen LogP) is 3.89. The molecule has 0 saturated carbocycles. The third-order valence-electron chi connectivity index (χ3n) is 1.78. The average Bonchev–Trinajstić information content (AvgIpc) is 1.96. The molecule has 1 nitrogen and oxygen atoms in total. The fraction of sp³-hybridized carbons (Fsp3) is 1.00. The van der Waals surface area contributed by atoms with Crippen molar-refractivity contribution in [1.82, 2.24) is 0 Å². The van der Waals surface area contributed by atoms with Gasteiger partial charge in [0.05, 0.1) is 0 Å². The summed E-state index contributed by atoms with van der Waals surface area (Å²) in [5, 5.41) is 10.00. The largest absolute Gasteiger partial charge is 0.221 e. The molecule has 2 heteroatoms. The minimum Gasteiger partial charge on any atom is -0.221 e. The van der Waals surface area contributed by atoms with E-state index in [1.807, 2.05) is 0 Å². The molecule has 0 rings (SSSR count). The van der Waals surface area contributed by atoms with Crippen LogP contribution in [0.3, 0.4) is 0 Å². The molecule has 0 N–H and O–H groups in total. The minimum absolute atomic E-state index is 0.534. The van der Waals surface area contributed by atoms with Gasteiger partial charge in [-0.05, 0) is 12.8 Å². The van der Waals surface area contributed by atoms with Crippen LogP contribution >= 0.6 is 15.9 Å². The lowest BCUT2D eigenvalue weighted by Gasteiger charge is -2.00. The van der Waals surface area contributed by atoms with Crippen LogP contribution in [0.1, 0.15) is 51.9 Å². The van der Waals surface area contributed by atoms with Crippen LogP contribution in [0.5, 0.6) is 0 Å². The zero-order chi connectivity index (χ0) is 8.53. The van der Waals surface area contributed by atoms with Gasteiger partial charge in [-0.3, -0.25) is 0 Å². The third kappa shape index (κ3) is 10.4. The van der Waals surface area contributed by atoms with Crippen molar-refractivity contribution in [1.29, 1.82) is 0 Å². The van der Waals surface area contributed by atoms with E-state index in [0.29, 0.717) is 0 Å². The average molecular weight is 222 g/mol. The van der Waals surface area contributed by atoms with Crippen molar-refractivity contribution in [2.24, 2.45) is 0 Å². The normalized spacial score (nSPS) is 13.4. The van der Waals surface area contributed by atoms with Crippen molar-refractivity contribution in [3.8, 4) is 0 Å². The molecular weight excluding hydrogens is 204 g/mol. The summed E-state index contributed by atoms with van der Waals surface area (Å²) in [4.78, 5) is 0. The molecule has 1 atom stereocenters. The third-order valence-corrected chi connectivity index (χ3v) is 2.24. The van der Waals surface area contributed by atoms with Gasteiger partial charge in [0.1, 0.15) is 5.01 Å². The van der Waals surface area contributed by atoms with Crippen molar-refractivity contribution >= 4 is 15.9 Å². The Balaban J connectivity index is 2.80. The standard InChI is InChI=1S/C9H18BrO/c1-2-3-4-5-6-7-8-9(10)11/h9H,2-8H2,1H3. The molecule has 0 fully saturated rings. The maximum Gasteiger partial charge on any atom is 0.147 e. The molecule has 0 aromatic heterocycles. The Labute approximate surface area is 78.3 Å². The van der Waals surface area contributed by atoms with Crippen LogP contribution in [0.4, 0.5) is 0 Å². The highest BCUT2D eigenvalue weighted by Gasteiger charge is 1.97. The molecular formula is C9H18BrO. The van der Waals surface area contributed by atoms with E-state index in [1.54, 1.807) is 0 Å². The predicted molar refractivity (Wildman–Crippen MR) is 51.4 cm³/mol. The van der Waals surface area contributed by atoms with Gasteiger partial charge in [0.2, 0.25) is 0 Å².